The number of benzene rings is 1. The van der Waals surface area contributed by atoms with Crippen molar-refractivity contribution in [1.29, 1.82) is 0 Å². The number of nitrogens with one attached hydrogen (secondary N) is 1. The molecule has 1 N–H and O–H groups in total. The standard InChI is InChI=1S/C14H18N2OS/c1-3-11-6-4-5-7-13(11)17-10-14-16-9-12(18-14)8-15-2/h4-7,9,15H,3,8,10H2,1-2H3. The zero-order chi connectivity index (χ0) is 12.8. The monoisotopic (exact) mass is 262 g/mol. The van der Waals surface area contributed by atoms with Crippen LogP contribution in [0.1, 0.15) is 22.4 Å². The van der Waals surface area contributed by atoms with E-state index in [9.17, 15) is 0 Å². The Kier molecular flexibility index (Phi) is 4.73. The second kappa shape index (κ2) is 6.52. The number of thiazole rings is 1. The van der Waals surface area contributed by atoms with Gasteiger partial charge in [0.25, 0.3) is 0 Å². The first-order valence-electron chi connectivity index (χ1n) is 6.12. The van der Waals surface area contributed by atoms with Crippen LogP contribution in [0.5, 0.6) is 5.75 Å². The molecule has 1 heterocycles. The molecule has 0 amide bonds. The molecule has 0 saturated heterocycles. The van der Waals surface area contributed by atoms with Crippen LogP contribution in [0.25, 0.3) is 0 Å². The third-order valence-electron chi connectivity index (χ3n) is 2.66. The molecule has 0 spiro atoms. The quantitative estimate of drug-likeness (QED) is 0.869. The summed E-state index contributed by atoms with van der Waals surface area (Å²) in [5, 5.41) is 4.14. The van der Waals surface area contributed by atoms with E-state index in [1.807, 2.05) is 31.4 Å². The van der Waals surface area contributed by atoms with Crippen LogP contribution in [0.2, 0.25) is 0 Å². The van der Waals surface area contributed by atoms with Gasteiger partial charge in [-0.1, -0.05) is 25.1 Å². The molecule has 4 heteroatoms. The van der Waals surface area contributed by atoms with Gasteiger partial charge >= 0.3 is 0 Å². The van der Waals surface area contributed by atoms with Crippen LogP contribution in [0.15, 0.2) is 30.5 Å². The molecule has 1 aromatic heterocycles. The highest BCUT2D eigenvalue weighted by Gasteiger charge is 2.04. The fraction of sp³-hybridized carbons (Fsp3) is 0.357. The largest absolute Gasteiger partial charge is 0.486 e. The van der Waals surface area contributed by atoms with Gasteiger partial charge in [0, 0.05) is 17.6 Å². The van der Waals surface area contributed by atoms with Crippen LogP contribution in [0.4, 0.5) is 0 Å². The van der Waals surface area contributed by atoms with Gasteiger partial charge in [-0.15, -0.1) is 11.3 Å². The summed E-state index contributed by atoms with van der Waals surface area (Å²) < 4.78 is 5.83. The second-order valence-corrected chi connectivity index (χ2v) is 5.20. The molecule has 0 saturated carbocycles. The van der Waals surface area contributed by atoms with Crippen LogP contribution >= 0.6 is 11.3 Å². The van der Waals surface area contributed by atoms with Gasteiger partial charge in [0.1, 0.15) is 17.4 Å². The van der Waals surface area contributed by atoms with E-state index in [2.05, 4.69) is 23.3 Å². The average molecular weight is 262 g/mol. The average Bonchev–Trinajstić information content (AvgIpc) is 2.85. The zero-order valence-electron chi connectivity index (χ0n) is 10.8. The molecule has 0 fully saturated rings. The maximum absolute atomic E-state index is 5.83. The Morgan fingerprint density at radius 2 is 2.17 bits per heavy atom. The normalized spacial score (nSPS) is 10.6. The third kappa shape index (κ3) is 3.31. The van der Waals surface area contributed by atoms with E-state index in [4.69, 9.17) is 4.74 Å². The van der Waals surface area contributed by atoms with Crippen LogP contribution < -0.4 is 10.1 Å². The van der Waals surface area contributed by atoms with E-state index in [0.29, 0.717) is 6.61 Å². The predicted molar refractivity (Wildman–Crippen MR) is 75.0 cm³/mol. The van der Waals surface area contributed by atoms with Crippen molar-refractivity contribution in [1.82, 2.24) is 10.3 Å². The van der Waals surface area contributed by atoms with E-state index in [0.717, 1.165) is 23.7 Å². The number of aryl methyl sites for hydroxylation is 1. The minimum absolute atomic E-state index is 0.547. The van der Waals surface area contributed by atoms with Crippen molar-refractivity contribution in [2.75, 3.05) is 7.05 Å². The first-order valence-corrected chi connectivity index (χ1v) is 6.94. The van der Waals surface area contributed by atoms with Crippen LogP contribution in [0, 0.1) is 0 Å². The molecule has 96 valence electrons. The summed E-state index contributed by atoms with van der Waals surface area (Å²) >= 11 is 1.69. The Balaban J connectivity index is 1.97. The van der Waals surface area contributed by atoms with Gasteiger partial charge in [-0.3, -0.25) is 0 Å². The Labute approximate surface area is 112 Å². The highest BCUT2D eigenvalue weighted by atomic mass is 32.1. The molecule has 0 aliphatic carbocycles. The molecule has 18 heavy (non-hydrogen) atoms. The number of rotatable bonds is 6. The molecule has 0 aliphatic heterocycles. The van der Waals surface area contributed by atoms with Crippen LogP contribution in [-0.4, -0.2) is 12.0 Å². The van der Waals surface area contributed by atoms with E-state index in [1.54, 1.807) is 11.3 Å². The lowest BCUT2D eigenvalue weighted by Crippen LogP contribution is -2.02. The lowest BCUT2D eigenvalue weighted by atomic mass is 10.1. The van der Waals surface area contributed by atoms with Gasteiger partial charge in [0.2, 0.25) is 0 Å². The molecule has 1 aromatic carbocycles. The van der Waals surface area contributed by atoms with Gasteiger partial charge in [-0.05, 0) is 25.1 Å². The highest BCUT2D eigenvalue weighted by Crippen LogP contribution is 2.21. The lowest BCUT2D eigenvalue weighted by Gasteiger charge is -2.08. The van der Waals surface area contributed by atoms with Crippen molar-refractivity contribution in [3.05, 3.63) is 45.9 Å². The van der Waals surface area contributed by atoms with Crippen molar-refractivity contribution in [2.45, 2.75) is 26.5 Å². The van der Waals surface area contributed by atoms with Crippen LogP contribution in [0.3, 0.4) is 0 Å². The lowest BCUT2D eigenvalue weighted by molar-refractivity contribution is 0.302. The molecule has 0 bridgehead atoms. The molecule has 0 aliphatic rings. The fourth-order valence-electron chi connectivity index (χ4n) is 1.75. The molecule has 0 unspecified atom stereocenters. The van der Waals surface area contributed by atoms with E-state index >= 15 is 0 Å². The first-order chi connectivity index (χ1) is 8.83. The van der Waals surface area contributed by atoms with E-state index in [1.165, 1.54) is 10.4 Å². The highest BCUT2D eigenvalue weighted by molar-refractivity contribution is 7.11. The SMILES string of the molecule is CCc1ccccc1OCc1ncc(CNC)s1. The van der Waals surface area contributed by atoms with E-state index in [-0.39, 0.29) is 0 Å². The van der Waals surface area contributed by atoms with Crippen molar-refractivity contribution in [3.63, 3.8) is 0 Å². The maximum atomic E-state index is 5.83. The minimum Gasteiger partial charge on any atom is -0.486 e. The topological polar surface area (TPSA) is 34.1 Å². The maximum Gasteiger partial charge on any atom is 0.140 e. The van der Waals surface area contributed by atoms with Crippen molar-refractivity contribution in [3.8, 4) is 5.75 Å². The third-order valence-corrected chi connectivity index (χ3v) is 3.63. The predicted octanol–water partition coefficient (Wildman–Crippen LogP) is 3.00. The zero-order valence-corrected chi connectivity index (χ0v) is 11.6. The number of aromatic nitrogens is 1. The minimum atomic E-state index is 0.547. The first kappa shape index (κ1) is 13.1. The summed E-state index contributed by atoms with van der Waals surface area (Å²) in [4.78, 5) is 5.59. The van der Waals surface area contributed by atoms with Gasteiger partial charge in [0.05, 0.1) is 0 Å². The molecule has 0 radical (unpaired) electrons. The molecule has 2 aromatic rings. The van der Waals surface area contributed by atoms with Crippen molar-refractivity contribution >= 4 is 11.3 Å². The fourth-order valence-corrected chi connectivity index (χ4v) is 2.59. The molecule has 2 rings (SSSR count). The second-order valence-electron chi connectivity index (χ2n) is 4.00. The number of hydrogen-bond acceptors (Lipinski definition) is 4. The molecular weight excluding hydrogens is 244 g/mol. The van der Waals surface area contributed by atoms with Gasteiger partial charge in [0.15, 0.2) is 0 Å². The summed E-state index contributed by atoms with van der Waals surface area (Å²) in [6, 6.07) is 8.16. The molecule has 0 atom stereocenters. The summed E-state index contributed by atoms with van der Waals surface area (Å²) in [7, 11) is 1.94. The Morgan fingerprint density at radius 1 is 1.33 bits per heavy atom. The van der Waals surface area contributed by atoms with Gasteiger partial charge in [-0.2, -0.15) is 0 Å². The van der Waals surface area contributed by atoms with Crippen molar-refractivity contribution in [2.24, 2.45) is 0 Å². The summed E-state index contributed by atoms with van der Waals surface area (Å²) in [6.07, 6.45) is 2.89. The smallest absolute Gasteiger partial charge is 0.140 e. The summed E-state index contributed by atoms with van der Waals surface area (Å²) in [5.41, 5.74) is 1.24. The number of nitrogens with zero attached hydrogens (tertiary/aromatic N) is 1. The number of para-hydroxylation sites is 1. The Hall–Kier alpha value is -1.39. The number of ether oxygens (including phenoxy) is 1. The summed E-state index contributed by atoms with van der Waals surface area (Å²) in [6.45, 7) is 3.55. The van der Waals surface area contributed by atoms with Crippen LogP contribution in [-0.2, 0) is 19.6 Å². The van der Waals surface area contributed by atoms with Crippen molar-refractivity contribution < 1.29 is 4.74 Å². The van der Waals surface area contributed by atoms with Gasteiger partial charge < -0.3 is 10.1 Å². The molecular formula is C14H18N2OS. The molecule has 3 nitrogen and oxygen atoms in total. The summed E-state index contributed by atoms with van der Waals surface area (Å²) in [5.74, 6) is 0.963. The number of hydrogen-bond donors (Lipinski definition) is 1. The van der Waals surface area contributed by atoms with Gasteiger partial charge in [-0.25, -0.2) is 4.98 Å². The Morgan fingerprint density at radius 3 is 2.94 bits per heavy atom. The Bertz CT molecular complexity index is 496. The van der Waals surface area contributed by atoms with E-state index < -0.39 is 0 Å².